The third-order valence-corrected chi connectivity index (χ3v) is 6.52. The fraction of sp³-hybridized carbons (Fsp3) is 0.0417. The molecule has 0 fully saturated rings. The first-order chi connectivity index (χ1) is 15.2. The minimum atomic E-state index is -0.176. The second kappa shape index (κ2) is 8.37. The Labute approximate surface area is 187 Å². The maximum Gasteiger partial charge on any atom is 0.257 e. The standard InChI is InChI=1S/C24H18N4OS2/c1-30-22-14-20-19(24-26-12-13-31-24)5-2-6-21(20)28(22)18-9-7-17(8-10-18)27-23(29)16-4-3-11-25-15-16/h2-15H,1H3,(H,27,29). The summed E-state index contributed by atoms with van der Waals surface area (Å²) in [5, 5.41) is 8.26. The zero-order chi connectivity index (χ0) is 21.2. The number of fused-ring (bicyclic) bond motifs is 1. The Morgan fingerprint density at radius 2 is 1.94 bits per heavy atom. The predicted octanol–water partition coefficient (Wildman–Crippen LogP) is 6.12. The van der Waals surface area contributed by atoms with E-state index in [0.717, 1.165) is 32.5 Å². The predicted molar refractivity (Wildman–Crippen MR) is 128 cm³/mol. The molecule has 31 heavy (non-hydrogen) atoms. The highest BCUT2D eigenvalue weighted by Crippen LogP contribution is 2.36. The number of thiazole rings is 1. The van der Waals surface area contributed by atoms with Crippen LogP contribution in [0, 0.1) is 0 Å². The second-order valence-corrected chi connectivity index (χ2v) is 8.56. The number of thioether (sulfide) groups is 1. The van der Waals surface area contributed by atoms with Crippen LogP contribution in [0.25, 0.3) is 27.2 Å². The molecule has 3 aromatic heterocycles. The number of nitrogens with zero attached hydrogens (tertiary/aromatic N) is 3. The van der Waals surface area contributed by atoms with Crippen LogP contribution in [-0.4, -0.2) is 26.7 Å². The zero-order valence-corrected chi connectivity index (χ0v) is 18.3. The van der Waals surface area contributed by atoms with Gasteiger partial charge in [0, 0.05) is 46.3 Å². The van der Waals surface area contributed by atoms with Crippen LogP contribution in [0.2, 0.25) is 0 Å². The van der Waals surface area contributed by atoms with Crippen LogP contribution in [0.3, 0.4) is 0 Å². The molecule has 1 N–H and O–H groups in total. The second-order valence-electron chi connectivity index (χ2n) is 6.84. The van der Waals surface area contributed by atoms with Gasteiger partial charge in [-0.2, -0.15) is 0 Å². The van der Waals surface area contributed by atoms with Gasteiger partial charge >= 0.3 is 0 Å². The molecule has 3 heterocycles. The molecule has 1 amide bonds. The van der Waals surface area contributed by atoms with Crippen LogP contribution < -0.4 is 5.32 Å². The summed E-state index contributed by atoms with van der Waals surface area (Å²) < 4.78 is 2.24. The molecule has 152 valence electrons. The molecule has 0 aliphatic carbocycles. The molecule has 5 nitrogen and oxygen atoms in total. The molecule has 0 aliphatic heterocycles. The Morgan fingerprint density at radius 1 is 1.06 bits per heavy atom. The smallest absolute Gasteiger partial charge is 0.257 e. The highest BCUT2D eigenvalue weighted by molar-refractivity contribution is 7.98. The Bertz CT molecular complexity index is 1340. The fourth-order valence-electron chi connectivity index (χ4n) is 3.56. The van der Waals surface area contributed by atoms with E-state index < -0.39 is 0 Å². The van der Waals surface area contributed by atoms with Crippen molar-refractivity contribution in [1.82, 2.24) is 14.5 Å². The van der Waals surface area contributed by atoms with E-state index in [2.05, 4.69) is 50.4 Å². The van der Waals surface area contributed by atoms with Crippen molar-refractivity contribution in [2.24, 2.45) is 0 Å². The van der Waals surface area contributed by atoms with Crippen molar-refractivity contribution < 1.29 is 4.79 Å². The lowest BCUT2D eigenvalue weighted by atomic mass is 10.1. The lowest BCUT2D eigenvalue weighted by Crippen LogP contribution is -2.12. The SMILES string of the molecule is CSc1cc2c(-c3nccs3)cccc2n1-c1ccc(NC(=O)c2cccnc2)cc1. The van der Waals surface area contributed by atoms with Crippen molar-refractivity contribution in [2.45, 2.75) is 5.03 Å². The molecule has 0 bridgehead atoms. The summed E-state index contributed by atoms with van der Waals surface area (Å²) in [4.78, 5) is 20.9. The summed E-state index contributed by atoms with van der Waals surface area (Å²) in [6.45, 7) is 0. The molecule has 5 rings (SSSR count). The van der Waals surface area contributed by atoms with Gasteiger partial charge in [-0.15, -0.1) is 23.1 Å². The highest BCUT2D eigenvalue weighted by atomic mass is 32.2. The van der Waals surface area contributed by atoms with Gasteiger partial charge in [0.1, 0.15) is 5.01 Å². The van der Waals surface area contributed by atoms with Gasteiger partial charge in [-0.3, -0.25) is 9.78 Å². The molecule has 0 saturated heterocycles. The Hall–Kier alpha value is -3.42. The van der Waals surface area contributed by atoms with E-state index in [4.69, 9.17) is 0 Å². The Kier molecular flexibility index (Phi) is 5.28. The van der Waals surface area contributed by atoms with Crippen LogP contribution in [0.4, 0.5) is 5.69 Å². The summed E-state index contributed by atoms with van der Waals surface area (Å²) >= 11 is 3.35. The number of hydrogen-bond acceptors (Lipinski definition) is 5. The summed E-state index contributed by atoms with van der Waals surface area (Å²) in [7, 11) is 0. The molecular weight excluding hydrogens is 424 g/mol. The molecule has 0 saturated carbocycles. The number of hydrogen-bond donors (Lipinski definition) is 1. The van der Waals surface area contributed by atoms with Crippen LogP contribution in [0.15, 0.2) is 89.7 Å². The number of nitrogens with one attached hydrogen (secondary N) is 1. The molecule has 0 aliphatic rings. The largest absolute Gasteiger partial charge is 0.322 e. The molecule has 5 aromatic rings. The van der Waals surface area contributed by atoms with Crippen molar-refractivity contribution in [1.29, 1.82) is 0 Å². The van der Waals surface area contributed by atoms with Crippen LogP contribution >= 0.6 is 23.1 Å². The van der Waals surface area contributed by atoms with Gasteiger partial charge in [0.15, 0.2) is 0 Å². The zero-order valence-electron chi connectivity index (χ0n) is 16.6. The van der Waals surface area contributed by atoms with Crippen LogP contribution in [0.1, 0.15) is 10.4 Å². The summed E-state index contributed by atoms with van der Waals surface area (Å²) in [6.07, 6.45) is 7.12. The minimum absolute atomic E-state index is 0.176. The molecule has 0 unspecified atom stereocenters. The van der Waals surface area contributed by atoms with Crippen molar-refractivity contribution in [3.05, 3.63) is 90.2 Å². The number of anilines is 1. The van der Waals surface area contributed by atoms with Crippen LogP contribution in [0.5, 0.6) is 0 Å². The lowest BCUT2D eigenvalue weighted by molar-refractivity contribution is 0.102. The quantitative estimate of drug-likeness (QED) is 0.333. The number of pyridine rings is 1. The van der Waals surface area contributed by atoms with Crippen molar-refractivity contribution >= 4 is 45.6 Å². The first kappa shape index (κ1) is 19.5. The van der Waals surface area contributed by atoms with Crippen LogP contribution in [-0.2, 0) is 0 Å². The van der Waals surface area contributed by atoms with E-state index >= 15 is 0 Å². The van der Waals surface area contributed by atoms with Gasteiger partial charge in [0.25, 0.3) is 5.91 Å². The number of amides is 1. The fourth-order valence-corrected chi connectivity index (χ4v) is 4.86. The highest BCUT2D eigenvalue weighted by Gasteiger charge is 2.15. The number of carbonyl (C=O) groups excluding carboxylic acids is 1. The van der Waals surface area contributed by atoms with E-state index in [1.54, 1.807) is 47.6 Å². The topological polar surface area (TPSA) is 59.8 Å². The summed E-state index contributed by atoms with van der Waals surface area (Å²) in [5.74, 6) is -0.176. The van der Waals surface area contributed by atoms with Crippen molar-refractivity contribution in [3.63, 3.8) is 0 Å². The van der Waals surface area contributed by atoms with Gasteiger partial charge in [-0.05, 0) is 54.8 Å². The molecule has 2 aromatic carbocycles. The van der Waals surface area contributed by atoms with Gasteiger partial charge < -0.3 is 9.88 Å². The maximum atomic E-state index is 12.4. The lowest BCUT2D eigenvalue weighted by Gasteiger charge is -2.11. The summed E-state index contributed by atoms with van der Waals surface area (Å²) in [5.41, 5.74) is 4.58. The molecule has 7 heteroatoms. The number of aromatic nitrogens is 3. The summed E-state index contributed by atoms with van der Waals surface area (Å²) in [6, 6.07) is 19.9. The van der Waals surface area contributed by atoms with E-state index in [9.17, 15) is 4.79 Å². The van der Waals surface area contributed by atoms with Crippen molar-refractivity contribution in [3.8, 4) is 16.3 Å². The third kappa shape index (κ3) is 3.73. The third-order valence-electron chi connectivity index (χ3n) is 4.99. The molecule has 0 radical (unpaired) electrons. The number of carbonyl (C=O) groups is 1. The van der Waals surface area contributed by atoms with E-state index in [1.807, 2.05) is 35.8 Å². The van der Waals surface area contributed by atoms with E-state index in [-0.39, 0.29) is 5.91 Å². The van der Waals surface area contributed by atoms with E-state index in [1.165, 1.54) is 5.39 Å². The minimum Gasteiger partial charge on any atom is -0.322 e. The Balaban J connectivity index is 1.51. The normalized spacial score (nSPS) is 11.0. The first-order valence-corrected chi connectivity index (χ1v) is 11.7. The molecular formula is C24H18N4OS2. The maximum absolute atomic E-state index is 12.4. The Morgan fingerprint density at radius 3 is 2.65 bits per heavy atom. The van der Waals surface area contributed by atoms with Gasteiger partial charge in [-0.1, -0.05) is 12.1 Å². The molecule has 0 spiro atoms. The number of rotatable bonds is 5. The van der Waals surface area contributed by atoms with Gasteiger partial charge in [-0.25, -0.2) is 4.98 Å². The first-order valence-electron chi connectivity index (χ1n) is 9.65. The number of benzene rings is 2. The monoisotopic (exact) mass is 442 g/mol. The van der Waals surface area contributed by atoms with Crippen molar-refractivity contribution in [2.75, 3.05) is 11.6 Å². The molecule has 0 atom stereocenters. The van der Waals surface area contributed by atoms with Gasteiger partial charge in [0.2, 0.25) is 0 Å². The average Bonchev–Trinajstić information content (AvgIpc) is 3.48. The van der Waals surface area contributed by atoms with E-state index in [0.29, 0.717) is 5.56 Å². The average molecular weight is 443 g/mol. The van der Waals surface area contributed by atoms with Gasteiger partial charge in [0.05, 0.1) is 16.1 Å².